The van der Waals surface area contributed by atoms with Crippen LogP contribution < -0.4 is 5.32 Å². The first-order valence-corrected chi connectivity index (χ1v) is 7.50. The highest BCUT2D eigenvalue weighted by Crippen LogP contribution is 2.33. The van der Waals surface area contributed by atoms with E-state index in [0.29, 0.717) is 12.1 Å². The molecule has 0 saturated carbocycles. The van der Waals surface area contributed by atoms with Crippen molar-refractivity contribution in [3.63, 3.8) is 0 Å². The van der Waals surface area contributed by atoms with Gasteiger partial charge in [0.1, 0.15) is 5.82 Å². The lowest BCUT2D eigenvalue weighted by atomic mass is 9.98. The van der Waals surface area contributed by atoms with Gasteiger partial charge in [-0.2, -0.15) is 13.2 Å². The van der Waals surface area contributed by atoms with Gasteiger partial charge >= 0.3 is 6.18 Å². The monoisotopic (exact) mass is 305 g/mol. The largest absolute Gasteiger partial charge is 0.419 e. The van der Waals surface area contributed by atoms with Crippen molar-refractivity contribution in [1.82, 2.24) is 5.32 Å². The van der Waals surface area contributed by atoms with E-state index in [1.807, 2.05) is 6.92 Å². The van der Waals surface area contributed by atoms with Crippen LogP contribution in [0.15, 0.2) is 18.2 Å². The van der Waals surface area contributed by atoms with Crippen molar-refractivity contribution < 1.29 is 17.6 Å². The first-order chi connectivity index (χ1) is 9.90. The highest BCUT2D eigenvalue weighted by Gasteiger charge is 2.34. The van der Waals surface area contributed by atoms with Gasteiger partial charge in [-0.15, -0.1) is 0 Å². The molecule has 0 fully saturated rings. The number of unbranched alkanes of at least 4 members (excludes halogenated alkanes) is 3. The lowest BCUT2D eigenvalue weighted by Crippen LogP contribution is -2.21. The third-order valence-electron chi connectivity index (χ3n) is 3.50. The second kappa shape index (κ2) is 8.37. The minimum absolute atomic E-state index is 0.0939. The average Bonchev–Trinajstić information content (AvgIpc) is 2.40. The van der Waals surface area contributed by atoms with Gasteiger partial charge in [0.05, 0.1) is 5.56 Å². The van der Waals surface area contributed by atoms with Gasteiger partial charge in [-0.3, -0.25) is 0 Å². The molecule has 1 aromatic carbocycles. The molecule has 0 aliphatic rings. The van der Waals surface area contributed by atoms with Crippen LogP contribution in [0.5, 0.6) is 0 Å². The summed E-state index contributed by atoms with van der Waals surface area (Å²) < 4.78 is 51.3. The van der Waals surface area contributed by atoms with E-state index in [0.717, 1.165) is 44.2 Å². The summed E-state index contributed by atoms with van der Waals surface area (Å²) in [5.41, 5.74) is -0.619. The zero-order valence-electron chi connectivity index (χ0n) is 12.6. The summed E-state index contributed by atoms with van der Waals surface area (Å²) in [6.07, 6.45) is 0.493. The SMILES string of the molecule is CCCCCCC(NCC)c1ccc(C(F)(F)F)c(F)c1. The Morgan fingerprint density at radius 2 is 1.81 bits per heavy atom. The Bertz CT molecular complexity index is 429. The second-order valence-electron chi connectivity index (χ2n) is 5.20. The van der Waals surface area contributed by atoms with E-state index in [4.69, 9.17) is 0 Å². The van der Waals surface area contributed by atoms with Crippen LogP contribution >= 0.6 is 0 Å². The molecule has 1 rings (SSSR count). The summed E-state index contributed by atoms with van der Waals surface area (Å²) >= 11 is 0. The molecule has 0 spiro atoms. The van der Waals surface area contributed by atoms with E-state index >= 15 is 0 Å². The van der Waals surface area contributed by atoms with Gasteiger partial charge in [0.15, 0.2) is 0 Å². The zero-order chi connectivity index (χ0) is 15.9. The molecular weight excluding hydrogens is 282 g/mol. The van der Waals surface area contributed by atoms with E-state index in [1.165, 1.54) is 6.07 Å². The number of nitrogens with one attached hydrogen (secondary N) is 1. The summed E-state index contributed by atoms with van der Waals surface area (Å²) in [5, 5.41) is 3.21. The second-order valence-corrected chi connectivity index (χ2v) is 5.20. The molecule has 120 valence electrons. The Morgan fingerprint density at radius 1 is 1.10 bits per heavy atom. The zero-order valence-corrected chi connectivity index (χ0v) is 12.6. The van der Waals surface area contributed by atoms with Crippen LogP contribution in [0.4, 0.5) is 17.6 Å². The van der Waals surface area contributed by atoms with Crippen LogP contribution in [-0.4, -0.2) is 6.54 Å². The summed E-state index contributed by atoms with van der Waals surface area (Å²) in [6, 6.07) is 3.12. The number of hydrogen-bond acceptors (Lipinski definition) is 1. The molecule has 0 aromatic heterocycles. The molecule has 5 heteroatoms. The minimum Gasteiger partial charge on any atom is -0.310 e. The Hall–Kier alpha value is -1.10. The lowest BCUT2D eigenvalue weighted by molar-refractivity contribution is -0.140. The maximum absolute atomic E-state index is 13.6. The third kappa shape index (κ3) is 5.65. The van der Waals surface area contributed by atoms with Crippen LogP contribution in [0.3, 0.4) is 0 Å². The predicted octanol–water partition coefficient (Wildman–Crippen LogP) is 5.47. The van der Waals surface area contributed by atoms with Gasteiger partial charge in [0.25, 0.3) is 0 Å². The fourth-order valence-electron chi connectivity index (χ4n) is 2.39. The normalized spacial score (nSPS) is 13.4. The van der Waals surface area contributed by atoms with Crippen molar-refractivity contribution >= 4 is 0 Å². The Labute approximate surface area is 123 Å². The van der Waals surface area contributed by atoms with Crippen molar-refractivity contribution in [2.45, 2.75) is 58.2 Å². The first kappa shape index (κ1) is 18.0. The summed E-state index contributed by atoms with van der Waals surface area (Å²) in [4.78, 5) is 0. The predicted molar refractivity (Wildman–Crippen MR) is 76.6 cm³/mol. The molecule has 21 heavy (non-hydrogen) atoms. The van der Waals surface area contributed by atoms with Crippen LogP contribution in [0.2, 0.25) is 0 Å². The highest BCUT2D eigenvalue weighted by atomic mass is 19.4. The molecule has 0 bridgehead atoms. The smallest absolute Gasteiger partial charge is 0.310 e. The molecule has 0 saturated heterocycles. The van der Waals surface area contributed by atoms with Crippen LogP contribution in [0.1, 0.15) is 63.1 Å². The Morgan fingerprint density at radius 3 is 2.33 bits per heavy atom. The molecule has 1 aromatic rings. The molecular formula is C16H23F4N. The van der Waals surface area contributed by atoms with E-state index in [9.17, 15) is 17.6 Å². The molecule has 0 heterocycles. The van der Waals surface area contributed by atoms with Gasteiger partial charge < -0.3 is 5.32 Å². The quantitative estimate of drug-likeness (QED) is 0.496. The van der Waals surface area contributed by atoms with Crippen molar-refractivity contribution in [3.8, 4) is 0 Å². The van der Waals surface area contributed by atoms with Gasteiger partial charge in [0, 0.05) is 6.04 Å². The lowest BCUT2D eigenvalue weighted by Gasteiger charge is -2.19. The molecule has 1 unspecified atom stereocenters. The standard InChI is InChI=1S/C16H23F4N/c1-3-5-6-7-8-15(21-4-2)12-9-10-13(14(17)11-12)16(18,19)20/h9-11,15,21H,3-8H2,1-2H3. The summed E-state index contributed by atoms with van der Waals surface area (Å²) in [5.74, 6) is -1.20. The number of rotatable bonds is 8. The van der Waals surface area contributed by atoms with Gasteiger partial charge in [-0.05, 0) is 30.7 Å². The maximum atomic E-state index is 13.6. The van der Waals surface area contributed by atoms with Gasteiger partial charge in [-0.1, -0.05) is 45.6 Å². The number of halogens is 4. The number of benzene rings is 1. The fraction of sp³-hybridized carbons (Fsp3) is 0.625. The molecule has 1 nitrogen and oxygen atoms in total. The number of alkyl halides is 3. The maximum Gasteiger partial charge on any atom is 0.419 e. The van der Waals surface area contributed by atoms with Crippen molar-refractivity contribution in [2.24, 2.45) is 0 Å². The molecule has 0 radical (unpaired) electrons. The topological polar surface area (TPSA) is 12.0 Å². The fourth-order valence-corrected chi connectivity index (χ4v) is 2.39. The van der Waals surface area contributed by atoms with Crippen LogP contribution in [-0.2, 0) is 6.18 Å². The third-order valence-corrected chi connectivity index (χ3v) is 3.50. The van der Waals surface area contributed by atoms with Crippen molar-refractivity contribution in [3.05, 3.63) is 35.1 Å². The van der Waals surface area contributed by atoms with Crippen LogP contribution in [0, 0.1) is 5.82 Å². The van der Waals surface area contributed by atoms with E-state index in [2.05, 4.69) is 12.2 Å². The molecule has 1 N–H and O–H groups in total. The average molecular weight is 305 g/mol. The van der Waals surface area contributed by atoms with Gasteiger partial charge in [0.2, 0.25) is 0 Å². The van der Waals surface area contributed by atoms with Crippen molar-refractivity contribution in [2.75, 3.05) is 6.54 Å². The van der Waals surface area contributed by atoms with E-state index in [-0.39, 0.29) is 6.04 Å². The minimum atomic E-state index is -4.64. The number of hydrogen-bond donors (Lipinski definition) is 1. The highest BCUT2D eigenvalue weighted by molar-refractivity contribution is 5.28. The molecule has 1 atom stereocenters. The Balaban J connectivity index is 2.81. The molecule has 0 aliphatic carbocycles. The van der Waals surface area contributed by atoms with E-state index in [1.54, 1.807) is 0 Å². The van der Waals surface area contributed by atoms with Crippen LogP contribution in [0.25, 0.3) is 0 Å². The van der Waals surface area contributed by atoms with Crippen molar-refractivity contribution in [1.29, 1.82) is 0 Å². The van der Waals surface area contributed by atoms with E-state index < -0.39 is 17.6 Å². The molecule has 0 aliphatic heterocycles. The first-order valence-electron chi connectivity index (χ1n) is 7.50. The molecule has 0 amide bonds. The Kier molecular flexibility index (Phi) is 7.15. The summed E-state index contributed by atoms with van der Waals surface area (Å²) in [7, 11) is 0. The summed E-state index contributed by atoms with van der Waals surface area (Å²) in [6.45, 7) is 4.74. The van der Waals surface area contributed by atoms with Gasteiger partial charge in [-0.25, -0.2) is 4.39 Å².